The second-order valence-electron chi connectivity index (χ2n) is 3.82. The quantitative estimate of drug-likeness (QED) is 0.813. The summed E-state index contributed by atoms with van der Waals surface area (Å²) in [7, 11) is 0. The second kappa shape index (κ2) is 6.62. The van der Waals surface area contributed by atoms with Gasteiger partial charge in [0.2, 0.25) is 0 Å². The van der Waals surface area contributed by atoms with E-state index in [9.17, 15) is 0 Å². The first-order valence-electron chi connectivity index (χ1n) is 5.66. The molecule has 0 aliphatic rings. The summed E-state index contributed by atoms with van der Waals surface area (Å²) in [5.41, 5.74) is 2.14. The van der Waals surface area contributed by atoms with E-state index in [2.05, 4.69) is 45.5 Å². The highest BCUT2D eigenvalue weighted by Gasteiger charge is 1.98. The molecule has 0 fully saturated rings. The fraction of sp³-hybridized carbons (Fsp3) is 0.0667. The van der Waals surface area contributed by atoms with E-state index in [1.165, 1.54) is 5.56 Å². The first-order chi connectivity index (χ1) is 8.75. The normalized spacial score (nSPS) is 10.8. The van der Waals surface area contributed by atoms with Crippen molar-refractivity contribution in [3.05, 3.63) is 69.7 Å². The van der Waals surface area contributed by atoms with E-state index in [1.807, 2.05) is 36.4 Å². The lowest BCUT2D eigenvalue weighted by molar-refractivity contribution is 1.34. The van der Waals surface area contributed by atoms with Crippen LogP contribution in [0.15, 0.2) is 59.1 Å². The van der Waals surface area contributed by atoms with E-state index >= 15 is 0 Å². The maximum Gasteiger partial charge on any atom is 0.0648 e. The lowest BCUT2D eigenvalue weighted by atomic mass is 10.2. The second-order valence-corrected chi connectivity index (χ2v) is 5.14. The molecule has 2 aromatic rings. The standard InChI is InChI=1S/C15H13BrClN/c16-13-8-9-15(14(17)11-13)18-10-4-7-12-5-2-1-3-6-12/h1-9,11,18H,10H2. The minimum absolute atomic E-state index is 0.720. The van der Waals surface area contributed by atoms with Gasteiger partial charge in [0, 0.05) is 11.0 Å². The fourth-order valence-corrected chi connectivity index (χ4v) is 2.30. The van der Waals surface area contributed by atoms with Crippen LogP contribution in [0.3, 0.4) is 0 Å². The van der Waals surface area contributed by atoms with Crippen LogP contribution < -0.4 is 5.32 Å². The molecule has 0 spiro atoms. The summed E-state index contributed by atoms with van der Waals surface area (Å²) in [6.07, 6.45) is 4.16. The van der Waals surface area contributed by atoms with Crippen molar-refractivity contribution in [1.29, 1.82) is 0 Å². The number of halogens is 2. The highest BCUT2D eigenvalue weighted by Crippen LogP contribution is 2.25. The minimum Gasteiger partial charge on any atom is -0.380 e. The Kier molecular flexibility index (Phi) is 4.85. The molecule has 1 nitrogen and oxygen atoms in total. The topological polar surface area (TPSA) is 12.0 Å². The van der Waals surface area contributed by atoms with E-state index in [-0.39, 0.29) is 0 Å². The van der Waals surface area contributed by atoms with Crippen LogP contribution in [0.5, 0.6) is 0 Å². The van der Waals surface area contributed by atoms with Gasteiger partial charge in [-0.25, -0.2) is 0 Å². The van der Waals surface area contributed by atoms with Crippen LogP contribution in [0.1, 0.15) is 5.56 Å². The molecule has 0 saturated heterocycles. The first kappa shape index (κ1) is 13.2. The van der Waals surface area contributed by atoms with Gasteiger partial charge < -0.3 is 5.32 Å². The molecule has 2 aromatic carbocycles. The zero-order valence-electron chi connectivity index (χ0n) is 9.74. The van der Waals surface area contributed by atoms with Crippen molar-refractivity contribution >= 4 is 39.3 Å². The van der Waals surface area contributed by atoms with Crippen molar-refractivity contribution in [3.63, 3.8) is 0 Å². The number of hydrogen-bond donors (Lipinski definition) is 1. The SMILES string of the molecule is Clc1cc(Br)ccc1NCC=Cc1ccccc1. The Balaban J connectivity index is 1.91. The van der Waals surface area contributed by atoms with Crippen LogP contribution in [-0.2, 0) is 0 Å². The van der Waals surface area contributed by atoms with Gasteiger partial charge >= 0.3 is 0 Å². The summed E-state index contributed by atoms with van der Waals surface area (Å²) in [6, 6.07) is 16.0. The molecule has 0 unspecified atom stereocenters. The average Bonchev–Trinajstić information content (AvgIpc) is 2.38. The number of nitrogens with one attached hydrogen (secondary N) is 1. The highest BCUT2D eigenvalue weighted by molar-refractivity contribution is 9.10. The fourth-order valence-electron chi connectivity index (χ4n) is 1.56. The van der Waals surface area contributed by atoms with E-state index < -0.39 is 0 Å². The Bertz CT molecular complexity index is 537. The molecule has 92 valence electrons. The van der Waals surface area contributed by atoms with Gasteiger partial charge in [0.1, 0.15) is 0 Å². The molecule has 0 amide bonds. The number of rotatable bonds is 4. The molecule has 0 bridgehead atoms. The molecule has 0 aliphatic carbocycles. The van der Waals surface area contributed by atoms with Crippen molar-refractivity contribution < 1.29 is 0 Å². The van der Waals surface area contributed by atoms with Crippen LogP contribution in [-0.4, -0.2) is 6.54 Å². The maximum atomic E-state index is 6.11. The van der Waals surface area contributed by atoms with E-state index in [1.54, 1.807) is 0 Å². The molecule has 18 heavy (non-hydrogen) atoms. The number of anilines is 1. The summed E-state index contributed by atoms with van der Waals surface area (Å²) < 4.78 is 0.984. The molecule has 0 aromatic heterocycles. The summed E-state index contributed by atoms with van der Waals surface area (Å²) >= 11 is 9.49. The third kappa shape index (κ3) is 3.90. The van der Waals surface area contributed by atoms with Gasteiger partial charge in [-0.3, -0.25) is 0 Å². The number of hydrogen-bond acceptors (Lipinski definition) is 1. The Morgan fingerprint density at radius 1 is 1.11 bits per heavy atom. The van der Waals surface area contributed by atoms with Crippen LogP contribution >= 0.6 is 27.5 Å². The molecule has 3 heteroatoms. The van der Waals surface area contributed by atoms with Gasteiger partial charge in [0.05, 0.1) is 10.7 Å². The van der Waals surface area contributed by atoms with Gasteiger partial charge in [-0.1, -0.05) is 70.0 Å². The van der Waals surface area contributed by atoms with Crippen LogP contribution in [0.4, 0.5) is 5.69 Å². The highest BCUT2D eigenvalue weighted by atomic mass is 79.9. The molecule has 0 saturated carbocycles. The third-order valence-electron chi connectivity index (χ3n) is 2.45. The lowest BCUT2D eigenvalue weighted by Crippen LogP contribution is -1.98. The smallest absolute Gasteiger partial charge is 0.0648 e. The summed E-state index contributed by atoms with van der Waals surface area (Å²) in [6.45, 7) is 0.746. The predicted molar refractivity (Wildman–Crippen MR) is 83.1 cm³/mol. The van der Waals surface area contributed by atoms with E-state index in [0.29, 0.717) is 0 Å². The first-order valence-corrected chi connectivity index (χ1v) is 6.83. The Morgan fingerprint density at radius 2 is 1.89 bits per heavy atom. The van der Waals surface area contributed by atoms with Gasteiger partial charge in [-0.15, -0.1) is 0 Å². The van der Waals surface area contributed by atoms with Crippen molar-refractivity contribution in [2.24, 2.45) is 0 Å². The number of benzene rings is 2. The van der Waals surface area contributed by atoms with Crippen LogP contribution in [0.25, 0.3) is 6.08 Å². The Labute approximate surface area is 121 Å². The van der Waals surface area contributed by atoms with Crippen molar-refractivity contribution in [3.8, 4) is 0 Å². The zero-order chi connectivity index (χ0) is 12.8. The monoisotopic (exact) mass is 321 g/mol. The van der Waals surface area contributed by atoms with Gasteiger partial charge in [-0.05, 0) is 23.8 Å². The molecule has 0 aliphatic heterocycles. The molecular weight excluding hydrogens is 310 g/mol. The average molecular weight is 323 g/mol. The van der Waals surface area contributed by atoms with Crippen molar-refractivity contribution in [2.75, 3.05) is 11.9 Å². The molecule has 0 radical (unpaired) electrons. The minimum atomic E-state index is 0.720. The van der Waals surface area contributed by atoms with E-state index in [4.69, 9.17) is 11.6 Å². The molecule has 1 N–H and O–H groups in total. The maximum absolute atomic E-state index is 6.11. The Morgan fingerprint density at radius 3 is 2.61 bits per heavy atom. The molecule has 2 rings (SSSR count). The van der Waals surface area contributed by atoms with Gasteiger partial charge in [0.25, 0.3) is 0 Å². The third-order valence-corrected chi connectivity index (χ3v) is 3.26. The largest absolute Gasteiger partial charge is 0.380 e. The lowest BCUT2D eigenvalue weighted by Gasteiger charge is -2.05. The van der Waals surface area contributed by atoms with Crippen LogP contribution in [0, 0.1) is 0 Å². The van der Waals surface area contributed by atoms with Crippen LogP contribution in [0.2, 0.25) is 5.02 Å². The van der Waals surface area contributed by atoms with E-state index in [0.717, 1.165) is 21.7 Å². The zero-order valence-corrected chi connectivity index (χ0v) is 12.1. The summed E-state index contributed by atoms with van der Waals surface area (Å²) in [5.74, 6) is 0. The van der Waals surface area contributed by atoms with Crippen molar-refractivity contribution in [2.45, 2.75) is 0 Å². The predicted octanol–water partition coefficient (Wildman–Crippen LogP) is 5.23. The van der Waals surface area contributed by atoms with Crippen molar-refractivity contribution in [1.82, 2.24) is 0 Å². The van der Waals surface area contributed by atoms with Gasteiger partial charge in [0.15, 0.2) is 0 Å². The summed E-state index contributed by atoms with van der Waals surface area (Å²) in [4.78, 5) is 0. The van der Waals surface area contributed by atoms with Gasteiger partial charge in [-0.2, -0.15) is 0 Å². The summed E-state index contributed by atoms with van der Waals surface area (Å²) in [5, 5.41) is 3.99. The Hall–Kier alpha value is -1.25. The molecule has 0 heterocycles. The molecular formula is C15H13BrClN. The molecule has 0 atom stereocenters.